The van der Waals surface area contributed by atoms with E-state index in [1.807, 2.05) is 59.8 Å². The van der Waals surface area contributed by atoms with E-state index in [4.69, 9.17) is 9.47 Å². The summed E-state index contributed by atoms with van der Waals surface area (Å²) in [5.74, 6) is 2.49. The molecule has 0 aliphatic rings. The lowest BCUT2D eigenvalue weighted by atomic mass is 10.2. The molecule has 172 valence electrons. The fraction of sp³-hybridized carbons (Fsp3) is 0.273. The lowest BCUT2D eigenvalue weighted by molar-refractivity contribution is 0.391. The molecule has 33 heavy (non-hydrogen) atoms. The van der Waals surface area contributed by atoms with E-state index in [1.54, 1.807) is 14.2 Å². The largest absolute Gasteiger partial charge is 0.494 e. The number of halogens is 1. The number of aryl methyl sites for hydroxylation is 1. The summed E-state index contributed by atoms with van der Waals surface area (Å²) in [6, 6.07) is 7.55. The van der Waals surface area contributed by atoms with Gasteiger partial charge in [0.2, 0.25) is 5.95 Å². The van der Waals surface area contributed by atoms with Crippen LogP contribution in [0.3, 0.4) is 0 Å². The molecule has 0 bridgehead atoms. The number of ether oxygens (including phenoxy) is 2. The van der Waals surface area contributed by atoms with Crippen molar-refractivity contribution in [3.05, 3.63) is 60.7 Å². The molecule has 4 rings (SSSR count). The second kappa shape index (κ2) is 9.90. The molecule has 1 N–H and O–H groups in total. The molecule has 11 heteroatoms. The molecule has 0 aliphatic carbocycles. The highest BCUT2D eigenvalue weighted by Crippen LogP contribution is 2.38. The Kier molecular flexibility index (Phi) is 6.78. The monoisotopic (exact) mass is 469 g/mol. The van der Waals surface area contributed by atoms with Gasteiger partial charge in [-0.3, -0.25) is 9.29 Å². The lowest BCUT2D eigenvalue weighted by Crippen LogP contribution is -2.11. The Balaban J connectivity index is 1.68. The molecule has 4 aromatic rings. The van der Waals surface area contributed by atoms with Gasteiger partial charge >= 0.3 is 0 Å². The quantitative estimate of drug-likeness (QED) is 0.369. The molecule has 0 radical (unpaired) electrons. The first-order chi connectivity index (χ1) is 16.0. The SMILES string of the molecule is COc1cccc(OC)c1-n1c(NSC(C)Cc2ncc(F)cn2)nnc1-c1ccn(C)c1. The molecule has 0 saturated carbocycles. The predicted octanol–water partition coefficient (Wildman–Crippen LogP) is 3.91. The summed E-state index contributed by atoms with van der Waals surface area (Å²) in [6.07, 6.45) is 6.80. The number of hydrogen-bond donors (Lipinski definition) is 1. The molecule has 3 aromatic heterocycles. The highest BCUT2D eigenvalue weighted by Gasteiger charge is 2.23. The van der Waals surface area contributed by atoms with Gasteiger partial charge in [0.05, 0.1) is 26.6 Å². The molecule has 0 amide bonds. The van der Waals surface area contributed by atoms with Crippen LogP contribution in [0.2, 0.25) is 0 Å². The van der Waals surface area contributed by atoms with Gasteiger partial charge in [-0.25, -0.2) is 14.4 Å². The summed E-state index contributed by atoms with van der Waals surface area (Å²) in [5.41, 5.74) is 1.58. The molecule has 1 aromatic carbocycles. The van der Waals surface area contributed by atoms with Crippen molar-refractivity contribution >= 4 is 17.9 Å². The van der Waals surface area contributed by atoms with Crippen LogP contribution in [-0.4, -0.2) is 48.8 Å². The molecule has 0 spiro atoms. The van der Waals surface area contributed by atoms with Crippen LogP contribution in [0.5, 0.6) is 11.5 Å². The van der Waals surface area contributed by atoms with E-state index in [9.17, 15) is 4.39 Å². The highest BCUT2D eigenvalue weighted by atomic mass is 32.2. The third-order valence-corrected chi connectivity index (χ3v) is 5.74. The zero-order valence-electron chi connectivity index (χ0n) is 18.7. The molecule has 1 unspecified atom stereocenters. The first kappa shape index (κ1) is 22.6. The fourth-order valence-corrected chi connectivity index (χ4v) is 4.00. The highest BCUT2D eigenvalue weighted by molar-refractivity contribution is 8.01. The van der Waals surface area contributed by atoms with E-state index in [0.717, 1.165) is 5.56 Å². The number of nitrogens with zero attached hydrogens (tertiary/aromatic N) is 6. The van der Waals surface area contributed by atoms with Gasteiger partial charge in [-0.15, -0.1) is 10.2 Å². The Bertz CT molecular complexity index is 1200. The van der Waals surface area contributed by atoms with Crippen LogP contribution in [0.1, 0.15) is 12.7 Å². The maximum absolute atomic E-state index is 13.1. The number of para-hydroxylation sites is 1. The average molecular weight is 470 g/mol. The van der Waals surface area contributed by atoms with Crippen molar-refractivity contribution < 1.29 is 13.9 Å². The van der Waals surface area contributed by atoms with Crippen LogP contribution in [-0.2, 0) is 13.5 Å². The summed E-state index contributed by atoms with van der Waals surface area (Å²) in [6.45, 7) is 2.02. The number of anilines is 1. The van der Waals surface area contributed by atoms with Gasteiger partial charge in [0.25, 0.3) is 0 Å². The van der Waals surface area contributed by atoms with Crippen LogP contribution >= 0.6 is 11.9 Å². The Morgan fingerprint density at radius 2 is 1.79 bits per heavy atom. The van der Waals surface area contributed by atoms with Gasteiger partial charge in [0.15, 0.2) is 11.6 Å². The summed E-state index contributed by atoms with van der Waals surface area (Å²) < 4.78 is 31.5. The Morgan fingerprint density at radius 1 is 1.09 bits per heavy atom. The van der Waals surface area contributed by atoms with Crippen LogP contribution in [0.15, 0.2) is 49.1 Å². The molecule has 0 fully saturated rings. The number of methoxy groups -OCH3 is 2. The van der Waals surface area contributed by atoms with E-state index in [2.05, 4.69) is 24.9 Å². The second-order valence-electron chi connectivity index (χ2n) is 7.31. The minimum atomic E-state index is -0.454. The summed E-state index contributed by atoms with van der Waals surface area (Å²) in [7, 11) is 5.16. The van der Waals surface area contributed by atoms with Gasteiger partial charge in [-0.1, -0.05) is 13.0 Å². The van der Waals surface area contributed by atoms with Crippen molar-refractivity contribution in [2.45, 2.75) is 18.6 Å². The van der Waals surface area contributed by atoms with Crippen molar-refractivity contribution in [3.63, 3.8) is 0 Å². The normalized spacial score (nSPS) is 11.9. The molecule has 0 saturated heterocycles. The van der Waals surface area contributed by atoms with E-state index >= 15 is 0 Å². The predicted molar refractivity (Wildman–Crippen MR) is 125 cm³/mol. The van der Waals surface area contributed by atoms with E-state index in [0.29, 0.717) is 41.2 Å². The van der Waals surface area contributed by atoms with Gasteiger partial charge in [-0.05, 0) is 30.1 Å². The Labute approximate surface area is 195 Å². The van der Waals surface area contributed by atoms with Crippen LogP contribution in [0.25, 0.3) is 17.1 Å². The smallest absolute Gasteiger partial charge is 0.239 e. The van der Waals surface area contributed by atoms with E-state index < -0.39 is 5.82 Å². The van der Waals surface area contributed by atoms with Crippen LogP contribution in [0.4, 0.5) is 10.3 Å². The van der Waals surface area contributed by atoms with Crippen molar-refractivity contribution in [1.29, 1.82) is 0 Å². The molecular weight excluding hydrogens is 445 g/mol. The number of benzene rings is 1. The Morgan fingerprint density at radius 3 is 2.39 bits per heavy atom. The van der Waals surface area contributed by atoms with Gasteiger partial charge in [-0.2, -0.15) is 0 Å². The van der Waals surface area contributed by atoms with Crippen molar-refractivity contribution in [2.75, 3.05) is 18.9 Å². The maximum atomic E-state index is 13.1. The van der Waals surface area contributed by atoms with Gasteiger partial charge < -0.3 is 14.0 Å². The Hall–Kier alpha value is -3.60. The lowest BCUT2D eigenvalue weighted by Gasteiger charge is -2.18. The summed E-state index contributed by atoms with van der Waals surface area (Å²) in [4.78, 5) is 8.07. The minimum absolute atomic E-state index is 0.0698. The molecule has 9 nitrogen and oxygen atoms in total. The third-order valence-electron chi connectivity index (χ3n) is 4.87. The molecular formula is C22H24FN7O2S. The first-order valence-corrected chi connectivity index (χ1v) is 11.0. The van der Waals surface area contributed by atoms with Crippen molar-refractivity contribution in [1.82, 2.24) is 29.3 Å². The summed E-state index contributed by atoms with van der Waals surface area (Å²) >= 11 is 1.44. The van der Waals surface area contributed by atoms with Crippen LogP contribution in [0, 0.1) is 5.82 Å². The van der Waals surface area contributed by atoms with E-state index in [-0.39, 0.29) is 5.25 Å². The molecule has 0 aliphatic heterocycles. The van der Waals surface area contributed by atoms with E-state index in [1.165, 1.54) is 24.3 Å². The van der Waals surface area contributed by atoms with Gasteiger partial charge in [0, 0.05) is 36.7 Å². The third kappa shape index (κ3) is 4.92. The van der Waals surface area contributed by atoms with Gasteiger partial charge in [0.1, 0.15) is 23.0 Å². The average Bonchev–Trinajstić information content (AvgIpc) is 3.44. The first-order valence-electron chi connectivity index (χ1n) is 10.2. The topological polar surface area (TPSA) is 91.9 Å². The number of nitrogens with one attached hydrogen (secondary N) is 1. The maximum Gasteiger partial charge on any atom is 0.239 e. The minimum Gasteiger partial charge on any atom is -0.494 e. The zero-order valence-corrected chi connectivity index (χ0v) is 19.5. The molecule has 3 heterocycles. The number of aromatic nitrogens is 6. The van der Waals surface area contributed by atoms with Crippen molar-refractivity contribution in [3.8, 4) is 28.6 Å². The fourth-order valence-electron chi connectivity index (χ4n) is 3.33. The summed E-state index contributed by atoms with van der Waals surface area (Å²) in [5, 5.41) is 8.91. The molecule has 1 atom stereocenters. The van der Waals surface area contributed by atoms with Crippen molar-refractivity contribution in [2.24, 2.45) is 7.05 Å². The second-order valence-corrected chi connectivity index (χ2v) is 8.56. The van der Waals surface area contributed by atoms with Crippen LogP contribution < -0.4 is 14.2 Å². The zero-order chi connectivity index (χ0) is 23.4. The number of hydrogen-bond acceptors (Lipinski definition) is 8. The number of rotatable bonds is 9. The standard InChI is InChI=1S/C22H24FN7O2S/c1-14(10-19-24-11-16(23)12-25-19)33-28-22-27-26-21(15-8-9-29(2)13-15)30(22)20-17(31-3)6-5-7-18(20)32-4/h5-9,11-14H,10H2,1-4H3,(H,27,28).